The number of methoxy groups -OCH3 is 1. The van der Waals surface area contributed by atoms with Crippen LogP contribution in [-0.4, -0.2) is 30.4 Å². The van der Waals surface area contributed by atoms with Gasteiger partial charge in [-0.05, 0) is 66.8 Å². The monoisotopic (exact) mass is 426 g/mol. The molecule has 1 aliphatic heterocycles. The fourth-order valence-corrected chi connectivity index (χ4v) is 3.99. The summed E-state index contributed by atoms with van der Waals surface area (Å²) >= 11 is 0. The first-order valence-electron chi connectivity index (χ1n) is 10.6. The number of carbonyl (C=O) groups excluding carboxylic acids is 2. The number of rotatable bonds is 7. The molecule has 0 fully saturated rings. The molecule has 5 heteroatoms. The summed E-state index contributed by atoms with van der Waals surface area (Å²) in [6.07, 6.45) is 0.570. The fraction of sp³-hybridized carbons (Fsp3) is 0.185. The maximum Gasteiger partial charge on any atom is 0.278 e. The first-order valence-corrected chi connectivity index (χ1v) is 10.6. The molecule has 0 bridgehead atoms. The van der Waals surface area contributed by atoms with E-state index in [1.165, 1.54) is 4.90 Å². The zero-order chi connectivity index (χ0) is 22.7. The van der Waals surface area contributed by atoms with E-state index in [2.05, 4.69) is 11.4 Å². The Hall–Kier alpha value is -3.86. The summed E-state index contributed by atoms with van der Waals surface area (Å²) in [4.78, 5) is 28.1. The van der Waals surface area contributed by atoms with Gasteiger partial charge in [-0.2, -0.15) is 0 Å². The number of benzene rings is 3. The number of hydrogen-bond donors (Lipinski definition) is 1. The van der Waals surface area contributed by atoms with E-state index in [1.807, 2.05) is 80.6 Å². The lowest BCUT2D eigenvalue weighted by Gasteiger charge is -2.15. The molecule has 0 atom stereocenters. The number of nitrogens with one attached hydrogen (secondary N) is 1. The Morgan fingerprint density at radius 1 is 0.844 bits per heavy atom. The van der Waals surface area contributed by atoms with Crippen LogP contribution < -0.4 is 10.1 Å². The molecule has 1 N–H and O–H groups in total. The molecule has 4 rings (SSSR count). The summed E-state index contributed by atoms with van der Waals surface area (Å²) < 4.78 is 5.20. The number of hydrogen-bond acceptors (Lipinski definition) is 4. The summed E-state index contributed by atoms with van der Waals surface area (Å²) in [5, 5.41) is 3.25. The molecule has 0 aliphatic carbocycles. The van der Waals surface area contributed by atoms with E-state index < -0.39 is 0 Å². The normalized spacial score (nSPS) is 13.7. The largest absolute Gasteiger partial charge is 0.497 e. The molecular weight excluding hydrogens is 400 g/mol. The van der Waals surface area contributed by atoms with Gasteiger partial charge in [-0.25, -0.2) is 0 Å². The van der Waals surface area contributed by atoms with E-state index >= 15 is 0 Å². The second-order valence-corrected chi connectivity index (χ2v) is 7.98. The zero-order valence-electron chi connectivity index (χ0n) is 18.5. The summed E-state index contributed by atoms with van der Waals surface area (Å²) in [6.45, 7) is 4.32. The number of carbonyl (C=O) groups is 2. The molecular formula is C27H26N2O3. The second-order valence-electron chi connectivity index (χ2n) is 7.98. The minimum Gasteiger partial charge on any atom is -0.497 e. The van der Waals surface area contributed by atoms with Crippen molar-refractivity contribution >= 4 is 23.1 Å². The predicted molar refractivity (Wildman–Crippen MR) is 126 cm³/mol. The zero-order valence-corrected chi connectivity index (χ0v) is 18.5. The van der Waals surface area contributed by atoms with Gasteiger partial charge in [0.1, 0.15) is 11.4 Å². The summed E-state index contributed by atoms with van der Waals surface area (Å²) in [5.74, 6) is 0.193. The van der Waals surface area contributed by atoms with Gasteiger partial charge in [0.15, 0.2) is 0 Å². The van der Waals surface area contributed by atoms with Crippen LogP contribution >= 0.6 is 0 Å². The van der Waals surface area contributed by atoms with Crippen molar-refractivity contribution in [3.63, 3.8) is 0 Å². The maximum absolute atomic E-state index is 13.4. The second kappa shape index (κ2) is 9.10. The predicted octanol–water partition coefficient (Wildman–Crippen LogP) is 4.75. The van der Waals surface area contributed by atoms with Crippen molar-refractivity contribution in [1.29, 1.82) is 0 Å². The number of aryl methyl sites for hydroxylation is 2. The van der Waals surface area contributed by atoms with Gasteiger partial charge in [0, 0.05) is 12.2 Å². The molecule has 3 aromatic carbocycles. The Morgan fingerprint density at radius 2 is 1.50 bits per heavy atom. The Balaban J connectivity index is 1.63. The number of imide groups is 1. The molecule has 32 heavy (non-hydrogen) atoms. The van der Waals surface area contributed by atoms with Crippen LogP contribution in [0.25, 0.3) is 5.57 Å². The van der Waals surface area contributed by atoms with E-state index in [0.717, 1.165) is 33.7 Å². The molecule has 5 nitrogen and oxygen atoms in total. The van der Waals surface area contributed by atoms with Crippen molar-refractivity contribution in [3.8, 4) is 5.75 Å². The SMILES string of the molecule is COc1ccc(CCN2C(=O)C(Nc3cc(C)cc(C)c3)=C(c3ccccc3)C2=O)cc1. The van der Waals surface area contributed by atoms with Crippen LogP contribution in [0.15, 0.2) is 78.5 Å². The van der Waals surface area contributed by atoms with Crippen molar-refractivity contribution < 1.29 is 14.3 Å². The molecule has 0 saturated heterocycles. The summed E-state index contributed by atoms with van der Waals surface area (Å²) in [5.41, 5.74) is 5.45. The molecule has 3 aromatic rings. The number of amides is 2. The van der Waals surface area contributed by atoms with Gasteiger partial charge in [0.2, 0.25) is 0 Å². The third-order valence-electron chi connectivity index (χ3n) is 5.50. The molecule has 0 saturated carbocycles. The highest BCUT2D eigenvalue weighted by atomic mass is 16.5. The smallest absolute Gasteiger partial charge is 0.278 e. The van der Waals surface area contributed by atoms with E-state index in [0.29, 0.717) is 24.2 Å². The minimum absolute atomic E-state index is 0.276. The van der Waals surface area contributed by atoms with Gasteiger partial charge >= 0.3 is 0 Å². The van der Waals surface area contributed by atoms with Crippen molar-refractivity contribution in [2.24, 2.45) is 0 Å². The van der Waals surface area contributed by atoms with Gasteiger partial charge in [-0.1, -0.05) is 48.5 Å². The average molecular weight is 427 g/mol. The van der Waals surface area contributed by atoms with Crippen molar-refractivity contribution in [3.05, 3.63) is 101 Å². The van der Waals surface area contributed by atoms with Crippen LogP contribution in [0, 0.1) is 13.8 Å². The lowest BCUT2D eigenvalue weighted by Crippen LogP contribution is -2.34. The molecule has 0 spiro atoms. The minimum atomic E-state index is -0.304. The van der Waals surface area contributed by atoms with Crippen molar-refractivity contribution in [2.45, 2.75) is 20.3 Å². The number of nitrogens with zero attached hydrogens (tertiary/aromatic N) is 1. The van der Waals surface area contributed by atoms with Crippen molar-refractivity contribution in [2.75, 3.05) is 19.0 Å². The van der Waals surface area contributed by atoms with Gasteiger partial charge in [0.05, 0.1) is 12.7 Å². The van der Waals surface area contributed by atoms with Gasteiger partial charge < -0.3 is 10.1 Å². The van der Waals surface area contributed by atoms with E-state index in [4.69, 9.17) is 4.74 Å². The Bertz CT molecular complexity index is 1160. The Morgan fingerprint density at radius 3 is 2.12 bits per heavy atom. The Kier molecular flexibility index (Phi) is 6.08. The van der Waals surface area contributed by atoms with Gasteiger partial charge in [-0.15, -0.1) is 0 Å². The lowest BCUT2D eigenvalue weighted by atomic mass is 10.0. The third kappa shape index (κ3) is 4.42. The highest BCUT2D eigenvalue weighted by Gasteiger charge is 2.38. The highest BCUT2D eigenvalue weighted by molar-refractivity contribution is 6.36. The average Bonchev–Trinajstić information content (AvgIpc) is 3.01. The van der Waals surface area contributed by atoms with Crippen LogP contribution in [0.1, 0.15) is 22.3 Å². The highest BCUT2D eigenvalue weighted by Crippen LogP contribution is 2.31. The first kappa shape index (κ1) is 21.4. The fourth-order valence-electron chi connectivity index (χ4n) is 3.99. The van der Waals surface area contributed by atoms with Gasteiger partial charge in [0.25, 0.3) is 11.8 Å². The van der Waals surface area contributed by atoms with Crippen molar-refractivity contribution in [1.82, 2.24) is 4.90 Å². The molecule has 0 radical (unpaired) electrons. The quantitative estimate of drug-likeness (QED) is 0.554. The van der Waals surface area contributed by atoms with E-state index in [-0.39, 0.29) is 11.8 Å². The molecule has 162 valence electrons. The topological polar surface area (TPSA) is 58.6 Å². The van der Waals surface area contributed by atoms with Gasteiger partial charge in [-0.3, -0.25) is 14.5 Å². The molecule has 1 aliphatic rings. The molecule has 1 heterocycles. The lowest BCUT2D eigenvalue weighted by molar-refractivity contribution is -0.136. The summed E-state index contributed by atoms with van der Waals surface area (Å²) in [7, 11) is 1.62. The number of ether oxygens (including phenoxy) is 1. The molecule has 2 amide bonds. The first-order chi connectivity index (χ1) is 15.5. The Labute approximate surface area is 188 Å². The molecule has 0 aromatic heterocycles. The molecule has 0 unspecified atom stereocenters. The summed E-state index contributed by atoms with van der Waals surface area (Å²) in [6, 6.07) is 23.0. The van der Waals surface area contributed by atoms with E-state index in [1.54, 1.807) is 7.11 Å². The maximum atomic E-state index is 13.4. The van der Waals surface area contributed by atoms with Crippen LogP contribution in [-0.2, 0) is 16.0 Å². The third-order valence-corrected chi connectivity index (χ3v) is 5.50. The van der Waals surface area contributed by atoms with Crippen LogP contribution in [0.5, 0.6) is 5.75 Å². The van der Waals surface area contributed by atoms with Crippen LogP contribution in [0.3, 0.4) is 0 Å². The number of anilines is 1. The van der Waals surface area contributed by atoms with Crippen LogP contribution in [0.4, 0.5) is 5.69 Å². The van der Waals surface area contributed by atoms with E-state index in [9.17, 15) is 9.59 Å². The van der Waals surface area contributed by atoms with Crippen LogP contribution in [0.2, 0.25) is 0 Å². The standard InChI is InChI=1S/C27H26N2O3/c1-18-15-19(2)17-22(16-18)28-25-24(21-7-5-4-6-8-21)26(30)29(27(25)31)14-13-20-9-11-23(32-3)12-10-20/h4-12,15-17,28H,13-14H2,1-3H3.